The number of pyridine rings is 1. The highest BCUT2D eigenvalue weighted by atomic mass is 32.2. The van der Waals surface area contributed by atoms with Crippen molar-refractivity contribution < 1.29 is 17.9 Å². The fourth-order valence-electron chi connectivity index (χ4n) is 2.92. The van der Waals surface area contributed by atoms with E-state index in [4.69, 9.17) is 4.74 Å². The molecular weight excluding hydrogens is 352 g/mol. The Morgan fingerprint density at radius 1 is 1.12 bits per heavy atom. The molecule has 2 heterocycles. The summed E-state index contributed by atoms with van der Waals surface area (Å²) in [4.78, 5) is 15.7. The fraction of sp³-hybridized carbons (Fsp3) is 0.368. The molecule has 1 fully saturated rings. The predicted octanol–water partition coefficient (Wildman–Crippen LogP) is 2.82. The van der Waals surface area contributed by atoms with Crippen molar-refractivity contribution in [1.82, 2.24) is 9.29 Å². The van der Waals surface area contributed by atoms with Crippen LogP contribution in [0.3, 0.4) is 0 Å². The van der Waals surface area contributed by atoms with E-state index >= 15 is 0 Å². The van der Waals surface area contributed by atoms with Crippen LogP contribution in [-0.4, -0.2) is 42.7 Å². The Balaban J connectivity index is 1.62. The van der Waals surface area contributed by atoms with Gasteiger partial charge in [0.25, 0.3) is 0 Å². The number of aromatic nitrogens is 1. The number of rotatable bonds is 5. The molecule has 1 aliphatic heterocycles. The van der Waals surface area contributed by atoms with Gasteiger partial charge in [-0.3, -0.25) is 9.78 Å². The van der Waals surface area contributed by atoms with Crippen LogP contribution in [0, 0.1) is 6.92 Å². The number of ether oxygens (including phenoxy) is 1. The minimum absolute atomic E-state index is 0.0222. The SMILES string of the molecule is CC(=O)c1ccc(S(=O)(=O)N2CCC(Oc3ccc(C)nc3)CC2)cc1. The number of aryl methyl sites for hydroxylation is 1. The van der Waals surface area contributed by atoms with Crippen LogP contribution in [0.1, 0.15) is 35.8 Å². The molecule has 2 aromatic rings. The van der Waals surface area contributed by atoms with Crippen LogP contribution in [0.2, 0.25) is 0 Å². The Kier molecular flexibility index (Phi) is 5.38. The molecule has 0 bridgehead atoms. The monoisotopic (exact) mass is 374 g/mol. The molecule has 1 aromatic heterocycles. The molecule has 1 aliphatic rings. The van der Waals surface area contributed by atoms with Crippen molar-refractivity contribution in [3.63, 3.8) is 0 Å². The van der Waals surface area contributed by atoms with Crippen LogP contribution in [0.4, 0.5) is 0 Å². The van der Waals surface area contributed by atoms with Crippen LogP contribution in [0.15, 0.2) is 47.5 Å². The summed E-state index contributed by atoms with van der Waals surface area (Å²) in [6, 6.07) is 9.85. The molecule has 6 nitrogen and oxygen atoms in total. The van der Waals surface area contributed by atoms with Gasteiger partial charge in [0.05, 0.1) is 11.1 Å². The molecular formula is C19H22N2O4S. The first-order chi connectivity index (χ1) is 12.4. The highest BCUT2D eigenvalue weighted by Gasteiger charge is 2.30. The third kappa shape index (κ3) is 4.11. The molecule has 0 amide bonds. The molecule has 0 atom stereocenters. The van der Waals surface area contributed by atoms with Gasteiger partial charge in [0, 0.05) is 24.3 Å². The van der Waals surface area contributed by atoms with Gasteiger partial charge in [0.15, 0.2) is 5.78 Å². The molecule has 26 heavy (non-hydrogen) atoms. The molecule has 0 unspecified atom stereocenters. The van der Waals surface area contributed by atoms with Crippen molar-refractivity contribution in [3.05, 3.63) is 53.9 Å². The lowest BCUT2D eigenvalue weighted by atomic mass is 10.1. The van der Waals surface area contributed by atoms with Crippen molar-refractivity contribution in [3.8, 4) is 5.75 Å². The summed E-state index contributed by atoms with van der Waals surface area (Å²) >= 11 is 0. The van der Waals surface area contributed by atoms with E-state index in [-0.39, 0.29) is 16.8 Å². The summed E-state index contributed by atoms with van der Waals surface area (Å²) < 4.78 is 32.9. The summed E-state index contributed by atoms with van der Waals surface area (Å²) in [6.45, 7) is 4.18. The van der Waals surface area contributed by atoms with E-state index < -0.39 is 10.0 Å². The topological polar surface area (TPSA) is 76.6 Å². The van der Waals surface area contributed by atoms with Crippen molar-refractivity contribution >= 4 is 15.8 Å². The number of carbonyl (C=O) groups excluding carboxylic acids is 1. The lowest BCUT2D eigenvalue weighted by Crippen LogP contribution is -2.41. The number of sulfonamides is 1. The summed E-state index contributed by atoms with van der Waals surface area (Å²) in [7, 11) is -3.55. The largest absolute Gasteiger partial charge is 0.489 e. The third-order valence-corrected chi connectivity index (χ3v) is 6.40. The summed E-state index contributed by atoms with van der Waals surface area (Å²) in [5.41, 5.74) is 1.43. The van der Waals surface area contributed by atoms with E-state index in [1.54, 1.807) is 18.3 Å². The van der Waals surface area contributed by atoms with Crippen molar-refractivity contribution in [2.24, 2.45) is 0 Å². The predicted molar refractivity (Wildman–Crippen MR) is 97.8 cm³/mol. The number of ketones is 1. The number of carbonyl (C=O) groups is 1. The molecule has 0 saturated carbocycles. The van der Waals surface area contributed by atoms with E-state index in [9.17, 15) is 13.2 Å². The first kappa shape index (κ1) is 18.5. The molecule has 0 N–H and O–H groups in total. The first-order valence-corrected chi connectivity index (χ1v) is 10.0. The standard InChI is InChI=1S/C19H22N2O4S/c1-14-3-6-18(13-20-14)25-17-9-11-21(12-10-17)26(23,24)19-7-4-16(5-8-19)15(2)22/h3-8,13,17H,9-12H2,1-2H3. The Labute approximate surface area is 153 Å². The minimum Gasteiger partial charge on any atom is -0.489 e. The Bertz CT molecular complexity index is 869. The number of nitrogens with zero attached hydrogens (tertiary/aromatic N) is 2. The molecule has 0 radical (unpaired) electrons. The fourth-order valence-corrected chi connectivity index (χ4v) is 4.39. The molecule has 3 rings (SSSR count). The molecule has 0 aliphatic carbocycles. The van der Waals surface area contributed by atoms with Crippen LogP contribution in [0.25, 0.3) is 0 Å². The maximum atomic E-state index is 12.8. The summed E-state index contributed by atoms with van der Waals surface area (Å²) in [5.74, 6) is 0.620. The smallest absolute Gasteiger partial charge is 0.243 e. The summed E-state index contributed by atoms with van der Waals surface area (Å²) in [5, 5.41) is 0. The van der Waals surface area contributed by atoms with Gasteiger partial charge >= 0.3 is 0 Å². The quantitative estimate of drug-likeness (QED) is 0.752. The second-order valence-corrected chi connectivity index (χ2v) is 8.38. The van der Waals surface area contributed by atoms with Crippen LogP contribution >= 0.6 is 0 Å². The third-order valence-electron chi connectivity index (χ3n) is 4.49. The molecule has 1 saturated heterocycles. The zero-order valence-corrected chi connectivity index (χ0v) is 15.7. The maximum Gasteiger partial charge on any atom is 0.243 e. The van der Waals surface area contributed by atoms with E-state index in [1.807, 2.05) is 19.1 Å². The van der Waals surface area contributed by atoms with Crippen LogP contribution in [0.5, 0.6) is 5.75 Å². The Hall–Kier alpha value is -2.25. The maximum absolute atomic E-state index is 12.8. The van der Waals surface area contributed by atoms with Gasteiger partial charge in [0.2, 0.25) is 10.0 Å². The molecule has 138 valence electrons. The second kappa shape index (κ2) is 7.55. The Morgan fingerprint density at radius 2 is 1.77 bits per heavy atom. The van der Waals surface area contributed by atoms with E-state index in [0.717, 1.165) is 5.69 Å². The molecule has 0 spiro atoms. The highest BCUT2D eigenvalue weighted by molar-refractivity contribution is 7.89. The van der Waals surface area contributed by atoms with E-state index in [1.165, 1.54) is 23.4 Å². The van der Waals surface area contributed by atoms with Crippen LogP contribution < -0.4 is 4.74 Å². The van der Waals surface area contributed by atoms with Gasteiger partial charge in [-0.1, -0.05) is 12.1 Å². The lowest BCUT2D eigenvalue weighted by Gasteiger charge is -2.31. The van der Waals surface area contributed by atoms with Crippen molar-refractivity contribution in [2.45, 2.75) is 37.7 Å². The average molecular weight is 374 g/mol. The average Bonchev–Trinajstić information content (AvgIpc) is 2.64. The summed E-state index contributed by atoms with van der Waals surface area (Å²) in [6.07, 6.45) is 2.91. The van der Waals surface area contributed by atoms with Gasteiger partial charge in [-0.2, -0.15) is 4.31 Å². The van der Waals surface area contributed by atoms with Crippen molar-refractivity contribution in [1.29, 1.82) is 0 Å². The highest BCUT2D eigenvalue weighted by Crippen LogP contribution is 2.24. The zero-order chi connectivity index (χ0) is 18.7. The molecule has 1 aromatic carbocycles. The number of Topliss-reactive ketones (excluding diaryl/α,β-unsaturated/α-hetero) is 1. The number of benzene rings is 1. The first-order valence-electron chi connectivity index (χ1n) is 8.57. The van der Waals surface area contributed by atoms with Crippen LogP contribution in [-0.2, 0) is 10.0 Å². The van der Waals surface area contributed by atoms with Gasteiger partial charge in [0.1, 0.15) is 11.9 Å². The normalized spacial score (nSPS) is 16.4. The lowest BCUT2D eigenvalue weighted by molar-refractivity contribution is 0.101. The minimum atomic E-state index is -3.55. The number of hydrogen-bond acceptors (Lipinski definition) is 5. The zero-order valence-electron chi connectivity index (χ0n) is 14.9. The Morgan fingerprint density at radius 3 is 2.31 bits per heavy atom. The second-order valence-electron chi connectivity index (χ2n) is 6.44. The van der Waals surface area contributed by atoms with Gasteiger partial charge in [-0.25, -0.2) is 8.42 Å². The van der Waals surface area contributed by atoms with Crippen molar-refractivity contribution in [2.75, 3.05) is 13.1 Å². The van der Waals surface area contributed by atoms with Gasteiger partial charge in [-0.05, 0) is 51.0 Å². The van der Waals surface area contributed by atoms with E-state index in [0.29, 0.717) is 37.2 Å². The van der Waals surface area contributed by atoms with E-state index in [2.05, 4.69) is 4.98 Å². The number of hydrogen-bond donors (Lipinski definition) is 0. The molecule has 7 heteroatoms. The van der Waals surface area contributed by atoms with Gasteiger partial charge in [-0.15, -0.1) is 0 Å². The van der Waals surface area contributed by atoms with Gasteiger partial charge < -0.3 is 4.74 Å². The number of piperidine rings is 1.